The summed E-state index contributed by atoms with van der Waals surface area (Å²) in [4.78, 5) is 0. The molecule has 1 saturated heterocycles. The molecule has 0 aliphatic carbocycles. The molecule has 2 rings (SSSR count). The van der Waals surface area contributed by atoms with E-state index in [-0.39, 0.29) is 5.60 Å². The van der Waals surface area contributed by atoms with E-state index in [0.717, 1.165) is 26.1 Å². The lowest BCUT2D eigenvalue weighted by Gasteiger charge is -2.26. The summed E-state index contributed by atoms with van der Waals surface area (Å²) in [6, 6.07) is 8.43. The smallest absolute Gasteiger partial charge is 0.106 e. The highest BCUT2D eigenvalue weighted by atomic mass is 16.5. The first-order chi connectivity index (χ1) is 9.28. The maximum absolute atomic E-state index is 5.59. The molecule has 1 N–H and O–H groups in total. The summed E-state index contributed by atoms with van der Waals surface area (Å²) in [7, 11) is 3.48. The van der Waals surface area contributed by atoms with Crippen molar-refractivity contribution in [3.63, 3.8) is 0 Å². The maximum Gasteiger partial charge on any atom is 0.106 e. The minimum absolute atomic E-state index is 0.149. The number of nitrogens with one attached hydrogen (secondary N) is 1. The van der Waals surface area contributed by atoms with Gasteiger partial charge < -0.3 is 19.5 Å². The molecule has 1 unspecified atom stereocenters. The molecule has 0 radical (unpaired) electrons. The second kappa shape index (κ2) is 7.01. The van der Waals surface area contributed by atoms with Gasteiger partial charge in [0.2, 0.25) is 0 Å². The molecule has 1 aromatic carbocycles. The first kappa shape index (κ1) is 14.5. The minimum atomic E-state index is -0.149. The fourth-order valence-corrected chi connectivity index (χ4v) is 2.39. The van der Waals surface area contributed by atoms with E-state index in [1.54, 1.807) is 14.2 Å². The van der Waals surface area contributed by atoms with Gasteiger partial charge in [-0.2, -0.15) is 0 Å². The first-order valence-electron chi connectivity index (χ1n) is 6.68. The van der Waals surface area contributed by atoms with E-state index in [4.69, 9.17) is 14.2 Å². The number of benzene rings is 1. The Morgan fingerprint density at radius 1 is 1.32 bits per heavy atom. The van der Waals surface area contributed by atoms with Crippen LogP contribution in [0.5, 0.6) is 0 Å². The third kappa shape index (κ3) is 4.01. The summed E-state index contributed by atoms with van der Waals surface area (Å²) in [5.41, 5.74) is 2.32. The van der Waals surface area contributed by atoms with Crippen LogP contribution in [0.25, 0.3) is 0 Å². The second-order valence-electron chi connectivity index (χ2n) is 5.05. The van der Waals surface area contributed by atoms with Gasteiger partial charge >= 0.3 is 0 Å². The van der Waals surface area contributed by atoms with Gasteiger partial charge in [0.15, 0.2) is 0 Å². The Balaban J connectivity index is 1.83. The van der Waals surface area contributed by atoms with Crippen molar-refractivity contribution in [1.82, 2.24) is 5.32 Å². The van der Waals surface area contributed by atoms with E-state index in [1.165, 1.54) is 11.1 Å². The van der Waals surface area contributed by atoms with Crippen LogP contribution in [0.3, 0.4) is 0 Å². The summed E-state index contributed by atoms with van der Waals surface area (Å²) in [5, 5.41) is 3.46. The van der Waals surface area contributed by atoms with Crippen molar-refractivity contribution in [2.45, 2.75) is 25.2 Å². The van der Waals surface area contributed by atoms with Crippen molar-refractivity contribution in [1.29, 1.82) is 0 Å². The van der Waals surface area contributed by atoms with E-state index in [2.05, 4.69) is 29.6 Å². The zero-order valence-electron chi connectivity index (χ0n) is 11.8. The van der Waals surface area contributed by atoms with Crippen LogP contribution >= 0.6 is 0 Å². The lowest BCUT2D eigenvalue weighted by molar-refractivity contribution is -0.0159. The van der Waals surface area contributed by atoms with E-state index < -0.39 is 0 Å². The second-order valence-corrected chi connectivity index (χ2v) is 5.05. The maximum atomic E-state index is 5.59. The van der Waals surface area contributed by atoms with Crippen molar-refractivity contribution in [2.75, 3.05) is 34.0 Å². The third-order valence-corrected chi connectivity index (χ3v) is 3.58. The molecule has 0 amide bonds. The van der Waals surface area contributed by atoms with E-state index in [9.17, 15) is 0 Å². The molecule has 0 aromatic heterocycles. The SMILES string of the molecule is COCc1cccc(CNCC2(OC)CCOC2)c1. The van der Waals surface area contributed by atoms with Gasteiger partial charge in [-0.3, -0.25) is 0 Å². The Labute approximate surface area is 115 Å². The fourth-order valence-electron chi connectivity index (χ4n) is 2.39. The van der Waals surface area contributed by atoms with E-state index in [0.29, 0.717) is 13.2 Å². The van der Waals surface area contributed by atoms with Gasteiger partial charge in [0, 0.05) is 40.3 Å². The standard InChI is InChI=1S/C15H23NO3/c1-17-10-14-5-3-4-13(8-14)9-16-11-15(18-2)6-7-19-12-15/h3-5,8,16H,6-7,9-12H2,1-2H3. The lowest BCUT2D eigenvalue weighted by atomic mass is 10.0. The van der Waals surface area contributed by atoms with Gasteiger partial charge in [-0.15, -0.1) is 0 Å². The van der Waals surface area contributed by atoms with Crippen molar-refractivity contribution in [3.8, 4) is 0 Å². The molecule has 4 heteroatoms. The third-order valence-electron chi connectivity index (χ3n) is 3.58. The Hall–Kier alpha value is -0.940. The van der Waals surface area contributed by atoms with Gasteiger partial charge in [0.05, 0.1) is 13.2 Å². The summed E-state index contributed by atoms with van der Waals surface area (Å²) in [5.74, 6) is 0. The van der Waals surface area contributed by atoms with Crippen LogP contribution < -0.4 is 5.32 Å². The zero-order chi connectivity index (χ0) is 13.6. The van der Waals surface area contributed by atoms with Gasteiger partial charge in [-0.1, -0.05) is 24.3 Å². The Kier molecular flexibility index (Phi) is 5.34. The minimum Gasteiger partial charge on any atom is -0.380 e. The summed E-state index contributed by atoms with van der Waals surface area (Å²) < 4.78 is 16.2. The highest BCUT2D eigenvalue weighted by Crippen LogP contribution is 2.21. The Morgan fingerprint density at radius 3 is 2.84 bits per heavy atom. The number of ether oxygens (including phenoxy) is 3. The Bertz CT molecular complexity index is 389. The van der Waals surface area contributed by atoms with Gasteiger partial charge in [0.25, 0.3) is 0 Å². The van der Waals surface area contributed by atoms with Crippen LogP contribution in [0.15, 0.2) is 24.3 Å². The molecule has 1 aliphatic rings. The fraction of sp³-hybridized carbons (Fsp3) is 0.600. The number of hydrogen-bond donors (Lipinski definition) is 1. The Morgan fingerprint density at radius 2 is 2.16 bits per heavy atom. The van der Waals surface area contributed by atoms with Gasteiger partial charge in [-0.05, 0) is 11.1 Å². The number of rotatable bonds is 7. The van der Waals surface area contributed by atoms with Crippen LogP contribution in [0.2, 0.25) is 0 Å². The van der Waals surface area contributed by atoms with Crippen LogP contribution in [0.1, 0.15) is 17.5 Å². The molecule has 1 atom stereocenters. The molecule has 106 valence electrons. The normalized spacial score (nSPS) is 22.8. The predicted octanol–water partition coefficient (Wildman–Crippen LogP) is 1.73. The molecule has 0 bridgehead atoms. The topological polar surface area (TPSA) is 39.7 Å². The average Bonchev–Trinajstić information content (AvgIpc) is 2.89. The molecule has 19 heavy (non-hydrogen) atoms. The molecule has 1 heterocycles. The molecule has 1 aromatic rings. The van der Waals surface area contributed by atoms with Crippen LogP contribution in [-0.2, 0) is 27.4 Å². The van der Waals surface area contributed by atoms with Crippen molar-refractivity contribution in [2.24, 2.45) is 0 Å². The molecular formula is C15H23NO3. The van der Waals surface area contributed by atoms with Crippen molar-refractivity contribution >= 4 is 0 Å². The molecule has 1 fully saturated rings. The summed E-state index contributed by atoms with van der Waals surface area (Å²) in [6.45, 7) is 3.78. The average molecular weight is 265 g/mol. The van der Waals surface area contributed by atoms with Crippen molar-refractivity contribution in [3.05, 3.63) is 35.4 Å². The highest BCUT2D eigenvalue weighted by molar-refractivity contribution is 5.22. The summed E-state index contributed by atoms with van der Waals surface area (Å²) in [6.07, 6.45) is 0.959. The van der Waals surface area contributed by atoms with Crippen molar-refractivity contribution < 1.29 is 14.2 Å². The van der Waals surface area contributed by atoms with E-state index in [1.807, 2.05) is 0 Å². The number of methoxy groups -OCH3 is 2. The highest BCUT2D eigenvalue weighted by Gasteiger charge is 2.34. The van der Waals surface area contributed by atoms with Crippen LogP contribution in [-0.4, -0.2) is 39.6 Å². The first-order valence-corrected chi connectivity index (χ1v) is 6.68. The van der Waals surface area contributed by atoms with Crippen LogP contribution in [0.4, 0.5) is 0 Å². The zero-order valence-corrected chi connectivity index (χ0v) is 11.8. The van der Waals surface area contributed by atoms with Gasteiger partial charge in [0.1, 0.15) is 5.60 Å². The molecule has 0 saturated carbocycles. The molecule has 4 nitrogen and oxygen atoms in total. The molecule has 0 spiro atoms. The molecule has 1 aliphatic heterocycles. The molecular weight excluding hydrogens is 242 g/mol. The van der Waals surface area contributed by atoms with E-state index >= 15 is 0 Å². The quantitative estimate of drug-likeness (QED) is 0.815. The number of hydrogen-bond acceptors (Lipinski definition) is 4. The monoisotopic (exact) mass is 265 g/mol. The predicted molar refractivity (Wildman–Crippen MR) is 74.0 cm³/mol. The van der Waals surface area contributed by atoms with Crippen LogP contribution in [0, 0.1) is 0 Å². The lowest BCUT2D eigenvalue weighted by Crippen LogP contribution is -2.42. The van der Waals surface area contributed by atoms with Gasteiger partial charge in [-0.25, -0.2) is 0 Å². The largest absolute Gasteiger partial charge is 0.380 e. The summed E-state index contributed by atoms with van der Waals surface area (Å²) >= 11 is 0.